The molecule has 106 valence electrons. The van der Waals surface area contributed by atoms with Crippen LogP contribution in [-0.2, 0) is 18.5 Å². The van der Waals surface area contributed by atoms with Crippen LogP contribution in [0.3, 0.4) is 0 Å². The molecule has 1 aliphatic rings. The first kappa shape index (κ1) is 13.5. The highest BCUT2D eigenvalue weighted by atomic mass is 32.1. The molecular formula is C14H19N4OS+. The fourth-order valence-corrected chi connectivity index (χ4v) is 2.65. The molecule has 2 aromatic rings. The number of morpholine rings is 1. The van der Waals surface area contributed by atoms with Crippen LogP contribution in [0.2, 0.25) is 0 Å². The summed E-state index contributed by atoms with van der Waals surface area (Å²) in [6.07, 6.45) is 0. The predicted molar refractivity (Wildman–Crippen MR) is 79.0 cm³/mol. The number of rotatable bonds is 3. The molecule has 1 saturated heterocycles. The molecule has 0 saturated carbocycles. The molecular weight excluding hydrogens is 272 g/mol. The molecule has 0 aliphatic carbocycles. The van der Waals surface area contributed by atoms with Crippen LogP contribution >= 0.6 is 12.2 Å². The smallest absolute Gasteiger partial charge is 0.202 e. The van der Waals surface area contributed by atoms with Gasteiger partial charge in [-0.2, -0.15) is 4.68 Å². The highest BCUT2D eigenvalue weighted by Crippen LogP contribution is 2.16. The summed E-state index contributed by atoms with van der Waals surface area (Å²) in [6, 6.07) is 10.2. The van der Waals surface area contributed by atoms with Gasteiger partial charge in [-0.15, -0.1) is 5.10 Å². The van der Waals surface area contributed by atoms with E-state index in [-0.39, 0.29) is 0 Å². The van der Waals surface area contributed by atoms with Crippen molar-refractivity contribution in [2.45, 2.75) is 6.67 Å². The van der Waals surface area contributed by atoms with Gasteiger partial charge in [0.1, 0.15) is 13.1 Å². The SMILES string of the molecule is Cn1c(-c2ccccc2)nn(C[NH+]2CCOCC2)c1=S. The van der Waals surface area contributed by atoms with E-state index in [1.54, 1.807) is 0 Å². The van der Waals surface area contributed by atoms with Crippen LogP contribution in [0, 0.1) is 4.77 Å². The van der Waals surface area contributed by atoms with Crippen molar-refractivity contribution in [1.29, 1.82) is 0 Å². The van der Waals surface area contributed by atoms with Crippen molar-refractivity contribution < 1.29 is 9.64 Å². The molecule has 3 rings (SSSR count). The Morgan fingerprint density at radius 3 is 2.65 bits per heavy atom. The molecule has 0 amide bonds. The van der Waals surface area contributed by atoms with Gasteiger partial charge in [0.2, 0.25) is 4.77 Å². The number of hydrogen-bond acceptors (Lipinski definition) is 3. The van der Waals surface area contributed by atoms with Crippen LogP contribution < -0.4 is 4.90 Å². The normalized spacial score (nSPS) is 16.4. The average molecular weight is 291 g/mol. The fourth-order valence-electron chi connectivity index (χ4n) is 2.46. The summed E-state index contributed by atoms with van der Waals surface area (Å²) in [6.45, 7) is 4.48. The van der Waals surface area contributed by atoms with E-state index in [0.29, 0.717) is 0 Å². The van der Waals surface area contributed by atoms with Gasteiger partial charge >= 0.3 is 0 Å². The number of nitrogens with one attached hydrogen (secondary N) is 1. The van der Waals surface area contributed by atoms with Crippen LogP contribution in [0.1, 0.15) is 0 Å². The van der Waals surface area contributed by atoms with Gasteiger partial charge in [-0.1, -0.05) is 30.3 Å². The van der Waals surface area contributed by atoms with Gasteiger partial charge in [-0.25, -0.2) is 0 Å². The molecule has 6 heteroatoms. The van der Waals surface area contributed by atoms with E-state index in [1.807, 2.05) is 34.5 Å². The quantitative estimate of drug-likeness (QED) is 0.836. The number of quaternary nitrogens is 1. The summed E-state index contributed by atoms with van der Waals surface area (Å²) in [7, 11) is 1.98. The van der Waals surface area contributed by atoms with Crippen LogP contribution in [0.15, 0.2) is 30.3 Å². The third-order valence-electron chi connectivity index (χ3n) is 3.65. The van der Waals surface area contributed by atoms with Gasteiger partial charge in [-0.05, 0) is 12.2 Å². The first-order valence-electron chi connectivity index (χ1n) is 6.86. The summed E-state index contributed by atoms with van der Waals surface area (Å²) in [5.74, 6) is 0.920. The summed E-state index contributed by atoms with van der Waals surface area (Å²) in [5.41, 5.74) is 1.09. The predicted octanol–water partition coefficient (Wildman–Crippen LogP) is 0.491. The Hall–Kier alpha value is -1.50. The molecule has 0 atom stereocenters. The van der Waals surface area contributed by atoms with E-state index in [9.17, 15) is 0 Å². The van der Waals surface area contributed by atoms with Crippen LogP contribution in [-0.4, -0.2) is 40.7 Å². The lowest BCUT2D eigenvalue weighted by Crippen LogP contribution is -3.13. The van der Waals surface area contributed by atoms with Crippen LogP contribution in [0.5, 0.6) is 0 Å². The van der Waals surface area contributed by atoms with Crippen molar-refractivity contribution in [1.82, 2.24) is 14.3 Å². The van der Waals surface area contributed by atoms with Crippen molar-refractivity contribution in [2.75, 3.05) is 26.3 Å². The Bertz CT molecular complexity index is 628. The molecule has 20 heavy (non-hydrogen) atoms. The highest BCUT2D eigenvalue weighted by molar-refractivity contribution is 7.71. The Kier molecular flexibility index (Phi) is 3.95. The molecule has 1 aromatic heterocycles. The van der Waals surface area contributed by atoms with Gasteiger partial charge in [0.25, 0.3) is 0 Å². The third kappa shape index (κ3) is 2.67. The first-order valence-corrected chi connectivity index (χ1v) is 7.27. The molecule has 1 aromatic carbocycles. The van der Waals surface area contributed by atoms with Gasteiger partial charge in [0, 0.05) is 12.6 Å². The second kappa shape index (κ2) is 5.87. The maximum Gasteiger partial charge on any atom is 0.202 e. The second-order valence-electron chi connectivity index (χ2n) is 5.05. The van der Waals surface area contributed by atoms with E-state index in [2.05, 4.69) is 17.2 Å². The number of aromatic nitrogens is 3. The van der Waals surface area contributed by atoms with E-state index in [4.69, 9.17) is 17.0 Å². The number of hydrogen-bond donors (Lipinski definition) is 1. The molecule has 2 heterocycles. The molecule has 1 fully saturated rings. The molecule has 0 bridgehead atoms. The molecule has 1 N–H and O–H groups in total. The van der Waals surface area contributed by atoms with E-state index in [1.165, 1.54) is 4.90 Å². The lowest BCUT2D eigenvalue weighted by atomic mass is 10.2. The minimum absolute atomic E-state index is 0.767. The summed E-state index contributed by atoms with van der Waals surface area (Å²) >= 11 is 5.50. The average Bonchev–Trinajstić information content (AvgIpc) is 2.78. The largest absolute Gasteiger partial charge is 0.370 e. The van der Waals surface area contributed by atoms with E-state index >= 15 is 0 Å². The van der Waals surface area contributed by atoms with Crippen molar-refractivity contribution in [2.24, 2.45) is 7.05 Å². The second-order valence-corrected chi connectivity index (χ2v) is 5.42. The maximum atomic E-state index is 5.50. The first-order chi connectivity index (χ1) is 9.75. The van der Waals surface area contributed by atoms with Crippen molar-refractivity contribution in [3.63, 3.8) is 0 Å². The Balaban J connectivity index is 1.88. The lowest BCUT2D eigenvalue weighted by Gasteiger charge is -2.23. The number of ether oxygens (including phenoxy) is 1. The lowest BCUT2D eigenvalue weighted by molar-refractivity contribution is -0.930. The monoisotopic (exact) mass is 291 g/mol. The van der Waals surface area contributed by atoms with Crippen molar-refractivity contribution in [3.8, 4) is 11.4 Å². The van der Waals surface area contributed by atoms with E-state index in [0.717, 1.165) is 49.1 Å². The fraction of sp³-hybridized carbons (Fsp3) is 0.429. The number of nitrogens with zero attached hydrogens (tertiary/aromatic N) is 3. The van der Waals surface area contributed by atoms with Crippen LogP contribution in [0.25, 0.3) is 11.4 Å². The van der Waals surface area contributed by atoms with Gasteiger partial charge in [-0.3, -0.25) is 0 Å². The summed E-state index contributed by atoms with van der Waals surface area (Å²) in [5, 5.41) is 4.69. The topological polar surface area (TPSA) is 36.4 Å². The zero-order valence-corrected chi connectivity index (χ0v) is 12.4. The molecule has 5 nitrogen and oxygen atoms in total. The zero-order valence-electron chi connectivity index (χ0n) is 11.6. The Labute approximate surface area is 123 Å². The summed E-state index contributed by atoms with van der Waals surface area (Å²) < 4.78 is 10.1. The van der Waals surface area contributed by atoms with Crippen molar-refractivity contribution in [3.05, 3.63) is 35.1 Å². The molecule has 0 spiro atoms. The van der Waals surface area contributed by atoms with Gasteiger partial charge < -0.3 is 14.2 Å². The minimum atomic E-state index is 0.767. The molecule has 0 unspecified atom stereocenters. The maximum absolute atomic E-state index is 5.50. The summed E-state index contributed by atoms with van der Waals surface area (Å²) in [4.78, 5) is 1.46. The zero-order chi connectivity index (χ0) is 13.9. The Morgan fingerprint density at radius 2 is 1.95 bits per heavy atom. The van der Waals surface area contributed by atoms with Crippen LogP contribution in [0.4, 0.5) is 0 Å². The number of benzene rings is 1. The van der Waals surface area contributed by atoms with E-state index < -0.39 is 0 Å². The Morgan fingerprint density at radius 1 is 1.25 bits per heavy atom. The standard InChI is InChI=1S/C14H18N4OS/c1-16-13(12-5-3-2-4-6-12)15-18(14(16)20)11-17-7-9-19-10-8-17/h2-6H,7-11H2,1H3/p+1. The molecule has 1 aliphatic heterocycles. The van der Waals surface area contributed by atoms with Gasteiger partial charge in [0.05, 0.1) is 13.2 Å². The van der Waals surface area contributed by atoms with Crippen molar-refractivity contribution >= 4 is 12.2 Å². The minimum Gasteiger partial charge on any atom is -0.370 e. The third-order valence-corrected chi connectivity index (χ3v) is 4.13. The molecule has 0 radical (unpaired) electrons. The van der Waals surface area contributed by atoms with Gasteiger partial charge in [0.15, 0.2) is 12.5 Å². The highest BCUT2D eigenvalue weighted by Gasteiger charge is 2.17.